The zero-order chi connectivity index (χ0) is 22.1. The van der Waals surface area contributed by atoms with Crippen LogP contribution in [0.25, 0.3) is 11.3 Å². The molecule has 0 radical (unpaired) electrons. The van der Waals surface area contributed by atoms with Gasteiger partial charge in [0.2, 0.25) is 0 Å². The highest BCUT2D eigenvalue weighted by Gasteiger charge is 2.34. The number of methoxy groups -OCH3 is 1. The number of carboxylic acids is 1. The molecule has 1 aliphatic heterocycles. The van der Waals surface area contributed by atoms with E-state index in [1.807, 2.05) is 16.7 Å². The molecule has 6 nitrogen and oxygen atoms in total. The van der Waals surface area contributed by atoms with Gasteiger partial charge in [0.15, 0.2) is 16.9 Å². The fourth-order valence-electron chi connectivity index (χ4n) is 3.88. The van der Waals surface area contributed by atoms with Crippen LogP contribution in [-0.4, -0.2) is 41.4 Å². The zero-order valence-electron chi connectivity index (χ0n) is 18.2. The van der Waals surface area contributed by atoms with Crippen LogP contribution in [0.2, 0.25) is 0 Å². The number of benzene rings is 1. The summed E-state index contributed by atoms with van der Waals surface area (Å²) in [6.07, 6.45) is 5.21. The van der Waals surface area contributed by atoms with E-state index >= 15 is 0 Å². The number of nitrogens with zero attached hydrogens (tertiary/aromatic N) is 1. The van der Waals surface area contributed by atoms with Crippen molar-refractivity contribution in [3.05, 3.63) is 45.7 Å². The largest absolute Gasteiger partial charge is 0.493 e. The highest BCUT2D eigenvalue weighted by molar-refractivity contribution is 7.98. The van der Waals surface area contributed by atoms with E-state index in [1.165, 1.54) is 12.3 Å². The Bertz CT molecular complexity index is 1010. The van der Waals surface area contributed by atoms with Crippen molar-refractivity contribution < 1.29 is 19.4 Å². The van der Waals surface area contributed by atoms with Crippen molar-refractivity contribution in [3.63, 3.8) is 0 Å². The maximum Gasteiger partial charge on any atom is 0.341 e. The quantitative estimate of drug-likeness (QED) is 0.651. The smallest absolute Gasteiger partial charge is 0.341 e. The highest BCUT2D eigenvalue weighted by Crippen LogP contribution is 2.45. The number of aromatic nitrogens is 1. The van der Waals surface area contributed by atoms with Gasteiger partial charge in [-0.05, 0) is 48.0 Å². The minimum atomic E-state index is -1.21. The minimum Gasteiger partial charge on any atom is -0.493 e. The van der Waals surface area contributed by atoms with Crippen LogP contribution in [0.4, 0.5) is 0 Å². The molecule has 3 rings (SSSR count). The van der Waals surface area contributed by atoms with E-state index in [1.54, 1.807) is 18.9 Å². The van der Waals surface area contributed by atoms with Crippen molar-refractivity contribution >= 4 is 17.7 Å². The van der Waals surface area contributed by atoms with E-state index in [2.05, 4.69) is 27.0 Å². The van der Waals surface area contributed by atoms with E-state index in [0.717, 1.165) is 23.3 Å². The van der Waals surface area contributed by atoms with Gasteiger partial charge in [0.05, 0.1) is 19.4 Å². The Balaban J connectivity index is 2.14. The summed E-state index contributed by atoms with van der Waals surface area (Å²) < 4.78 is 13.5. The summed E-state index contributed by atoms with van der Waals surface area (Å²) in [6.45, 7) is 6.97. The predicted octanol–water partition coefficient (Wildman–Crippen LogP) is 4.50. The maximum atomic E-state index is 12.5. The summed E-state index contributed by atoms with van der Waals surface area (Å²) in [7, 11) is 1.60. The summed E-state index contributed by atoms with van der Waals surface area (Å²) in [5.74, 6) is 1.12. The second-order valence-corrected chi connectivity index (χ2v) is 9.58. The van der Waals surface area contributed by atoms with Crippen molar-refractivity contribution in [1.82, 2.24) is 4.57 Å². The van der Waals surface area contributed by atoms with Gasteiger partial charge in [-0.1, -0.05) is 20.8 Å². The Hall–Kier alpha value is -2.41. The average Bonchev–Trinajstić information content (AvgIpc) is 2.68. The first-order chi connectivity index (χ1) is 14.2. The fourth-order valence-corrected chi connectivity index (χ4v) is 4.29. The molecule has 0 spiro atoms. The topological polar surface area (TPSA) is 77.8 Å². The molecule has 0 saturated carbocycles. The van der Waals surface area contributed by atoms with Crippen LogP contribution >= 0.6 is 11.8 Å². The molecule has 2 heterocycles. The number of aromatic carboxylic acids is 1. The van der Waals surface area contributed by atoms with E-state index in [4.69, 9.17) is 9.47 Å². The fraction of sp³-hybridized carbons (Fsp3) is 0.478. The monoisotopic (exact) mass is 431 g/mol. The molecular weight excluding hydrogens is 402 g/mol. The third kappa shape index (κ3) is 4.36. The van der Waals surface area contributed by atoms with Gasteiger partial charge in [0, 0.05) is 23.9 Å². The van der Waals surface area contributed by atoms with Crippen molar-refractivity contribution in [3.8, 4) is 22.8 Å². The molecule has 30 heavy (non-hydrogen) atoms. The number of carboxylic acid groups (broad SMARTS) is 1. The molecule has 0 amide bonds. The molecule has 1 aliphatic rings. The molecule has 0 aliphatic carbocycles. The molecule has 162 valence electrons. The number of pyridine rings is 1. The van der Waals surface area contributed by atoms with Gasteiger partial charge < -0.3 is 19.1 Å². The third-order valence-corrected chi connectivity index (χ3v) is 6.17. The first kappa shape index (κ1) is 22.3. The minimum absolute atomic E-state index is 0.00330. The van der Waals surface area contributed by atoms with Gasteiger partial charge in [-0.15, -0.1) is 0 Å². The van der Waals surface area contributed by atoms with Crippen LogP contribution in [0.1, 0.15) is 49.2 Å². The van der Waals surface area contributed by atoms with Crippen molar-refractivity contribution in [2.75, 3.05) is 25.7 Å². The highest BCUT2D eigenvalue weighted by atomic mass is 32.2. The van der Waals surface area contributed by atoms with Crippen LogP contribution in [0, 0.1) is 5.41 Å². The second kappa shape index (κ2) is 8.76. The number of fused-ring (bicyclic) bond motifs is 3. The normalized spacial score (nSPS) is 15.3. The number of ether oxygens (including phenoxy) is 2. The zero-order valence-corrected chi connectivity index (χ0v) is 19.0. The Morgan fingerprint density at radius 2 is 2.00 bits per heavy atom. The van der Waals surface area contributed by atoms with Gasteiger partial charge in [-0.25, -0.2) is 4.79 Å². The number of hydrogen-bond acceptors (Lipinski definition) is 5. The lowest BCUT2D eigenvalue weighted by Crippen LogP contribution is -2.32. The summed E-state index contributed by atoms with van der Waals surface area (Å²) >= 11 is 1.78. The Kier molecular flexibility index (Phi) is 6.50. The molecule has 0 saturated heterocycles. The van der Waals surface area contributed by atoms with Crippen LogP contribution < -0.4 is 14.9 Å². The maximum absolute atomic E-state index is 12.5. The Labute approximate surface area is 181 Å². The molecule has 1 atom stereocenters. The van der Waals surface area contributed by atoms with Crippen LogP contribution in [0.15, 0.2) is 29.2 Å². The SMILES string of the molecule is COc1cc2c(cc1OCCCSC)CC(C(C)(C)C)n1cc(C(=O)O)c(=O)cc1-2. The van der Waals surface area contributed by atoms with Gasteiger partial charge in [-0.2, -0.15) is 11.8 Å². The molecule has 1 N–H and O–H groups in total. The average molecular weight is 432 g/mol. The lowest BCUT2D eigenvalue weighted by molar-refractivity contribution is 0.0693. The first-order valence-electron chi connectivity index (χ1n) is 10.00. The Morgan fingerprint density at radius 1 is 1.27 bits per heavy atom. The predicted molar refractivity (Wildman–Crippen MR) is 120 cm³/mol. The van der Waals surface area contributed by atoms with E-state index in [0.29, 0.717) is 30.2 Å². The lowest BCUT2D eigenvalue weighted by atomic mass is 9.78. The molecule has 0 fully saturated rings. The third-order valence-electron chi connectivity index (χ3n) is 5.47. The number of carbonyl (C=O) groups is 1. The number of rotatable bonds is 7. The molecular formula is C23H29NO5S. The van der Waals surface area contributed by atoms with E-state index in [9.17, 15) is 14.7 Å². The van der Waals surface area contributed by atoms with Crippen LogP contribution in [0.3, 0.4) is 0 Å². The van der Waals surface area contributed by atoms with Gasteiger partial charge >= 0.3 is 5.97 Å². The number of thioether (sulfide) groups is 1. The molecule has 1 aromatic carbocycles. The Morgan fingerprint density at radius 3 is 2.60 bits per heavy atom. The van der Waals surface area contributed by atoms with E-state index < -0.39 is 11.4 Å². The van der Waals surface area contributed by atoms with Gasteiger partial charge in [-0.3, -0.25) is 4.79 Å². The van der Waals surface area contributed by atoms with Crippen molar-refractivity contribution in [2.45, 2.75) is 39.7 Å². The summed E-state index contributed by atoms with van der Waals surface area (Å²) in [5, 5.41) is 9.44. The second-order valence-electron chi connectivity index (χ2n) is 8.59. The molecule has 1 unspecified atom stereocenters. The first-order valence-corrected chi connectivity index (χ1v) is 11.4. The van der Waals surface area contributed by atoms with E-state index in [-0.39, 0.29) is 17.0 Å². The summed E-state index contributed by atoms with van der Waals surface area (Å²) in [6, 6.07) is 5.32. The molecule has 0 bridgehead atoms. The van der Waals surface area contributed by atoms with Crippen LogP contribution in [-0.2, 0) is 6.42 Å². The lowest BCUT2D eigenvalue weighted by Gasteiger charge is -2.39. The van der Waals surface area contributed by atoms with Crippen molar-refractivity contribution in [1.29, 1.82) is 0 Å². The summed E-state index contributed by atoms with van der Waals surface area (Å²) in [5.41, 5.74) is 1.80. The number of hydrogen-bond donors (Lipinski definition) is 1. The van der Waals surface area contributed by atoms with Crippen LogP contribution in [0.5, 0.6) is 11.5 Å². The standard InChI is InChI=1S/C23H29NO5S/c1-23(2,3)21-10-14-9-20(29-7-6-8-30-5)19(28-4)11-15(14)17-12-18(25)16(22(26)27)13-24(17)21/h9,11-13,21H,6-8,10H2,1-5H3,(H,26,27). The molecule has 2 aromatic rings. The molecule has 1 aromatic heterocycles. The summed E-state index contributed by atoms with van der Waals surface area (Å²) in [4.78, 5) is 24.0. The van der Waals surface area contributed by atoms with Gasteiger partial charge in [0.1, 0.15) is 5.56 Å². The van der Waals surface area contributed by atoms with Gasteiger partial charge in [0.25, 0.3) is 0 Å². The van der Waals surface area contributed by atoms with Crippen molar-refractivity contribution in [2.24, 2.45) is 5.41 Å². The molecule has 7 heteroatoms.